The lowest BCUT2D eigenvalue weighted by Gasteiger charge is -2.20. The van der Waals surface area contributed by atoms with E-state index in [9.17, 15) is 20.0 Å². The Balaban J connectivity index is 3.38. The number of aliphatic carboxylic acids is 1. The van der Waals surface area contributed by atoms with Crippen LogP contribution in [-0.2, 0) is 4.79 Å². The molecule has 6 heteroatoms. The molecule has 1 aliphatic carbocycles. The fraction of sp³-hybridized carbons (Fsp3) is 0.364. The molecule has 0 saturated carbocycles. The van der Waals surface area contributed by atoms with Crippen LogP contribution in [-0.4, -0.2) is 32.2 Å². The summed E-state index contributed by atoms with van der Waals surface area (Å²) in [5.74, 6) is -1.28. The van der Waals surface area contributed by atoms with Crippen molar-refractivity contribution in [2.45, 2.75) is 25.0 Å². The van der Waals surface area contributed by atoms with Crippen molar-refractivity contribution < 1.29 is 19.9 Å². The number of carbonyl (C=O) groups is 1. The van der Waals surface area contributed by atoms with Gasteiger partial charge in [0.25, 0.3) is 5.54 Å². The molecule has 0 bridgehead atoms. The van der Waals surface area contributed by atoms with E-state index in [4.69, 9.17) is 5.11 Å². The molecule has 0 aromatic rings. The maximum Gasteiger partial charge on any atom is 0.335 e. The van der Waals surface area contributed by atoms with Crippen molar-refractivity contribution in [2.24, 2.45) is 0 Å². The number of hydrogen-bond donors (Lipinski definition) is 2. The average Bonchev–Trinajstić information content (AvgIpc) is 2.19. The van der Waals surface area contributed by atoms with Crippen LogP contribution in [0.25, 0.3) is 0 Å². The molecule has 0 aliphatic heterocycles. The van der Waals surface area contributed by atoms with Crippen LogP contribution in [0.4, 0.5) is 0 Å². The standard InChI is InChI=1S/C11H13NO5/c1-10(12(16)17)5-6-11(2,15)4-3-8(7-10)9(13)14/h3-7,15H,1-2H3,(H,13,14). The molecular weight excluding hydrogens is 226 g/mol. The van der Waals surface area contributed by atoms with Crippen LogP contribution in [0.1, 0.15) is 13.8 Å². The molecule has 6 nitrogen and oxygen atoms in total. The van der Waals surface area contributed by atoms with E-state index in [1.165, 1.54) is 32.1 Å². The monoisotopic (exact) mass is 239 g/mol. The Morgan fingerprint density at radius 3 is 2.41 bits per heavy atom. The van der Waals surface area contributed by atoms with Crippen molar-refractivity contribution in [1.82, 2.24) is 0 Å². The molecule has 1 rings (SSSR count). The third-order valence-electron chi connectivity index (χ3n) is 2.45. The summed E-state index contributed by atoms with van der Waals surface area (Å²) in [7, 11) is 0. The smallest absolute Gasteiger partial charge is 0.335 e. The summed E-state index contributed by atoms with van der Waals surface area (Å²) < 4.78 is 0. The highest BCUT2D eigenvalue weighted by molar-refractivity contribution is 5.90. The minimum atomic E-state index is -1.65. The molecule has 1 aliphatic rings. The first-order valence-electron chi connectivity index (χ1n) is 4.89. The first kappa shape index (κ1) is 13.1. The predicted molar refractivity (Wildman–Crippen MR) is 60.0 cm³/mol. The molecule has 0 spiro atoms. The minimum absolute atomic E-state index is 0.228. The van der Waals surface area contributed by atoms with Gasteiger partial charge < -0.3 is 10.2 Å². The van der Waals surface area contributed by atoms with E-state index >= 15 is 0 Å². The summed E-state index contributed by atoms with van der Waals surface area (Å²) in [5, 5.41) is 29.6. The van der Waals surface area contributed by atoms with E-state index in [-0.39, 0.29) is 5.57 Å². The van der Waals surface area contributed by atoms with Crippen LogP contribution in [0.15, 0.2) is 36.0 Å². The topological polar surface area (TPSA) is 101 Å². The summed E-state index contributed by atoms with van der Waals surface area (Å²) >= 11 is 0. The second kappa shape index (κ2) is 4.14. The third kappa shape index (κ3) is 3.01. The largest absolute Gasteiger partial charge is 0.478 e. The van der Waals surface area contributed by atoms with Crippen molar-refractivity contribution in [3.05, 3.63) is 46.1 Å². The highest BCUT2D eigenvalue weighted by Crippen LogP contribution is 2.22. The van der Waals surface area contributed by atoms with Crippen LogP contribution in [0.5, 0.6) is 0 Å². The molecule has 0 radical (unpaired) electrons. The number of rotatable bonds is 2. The van der Waals surface area contributed by atoms with Gasteiger partial charge in [-0.15, -0.1) is 0 Å². The lowest BCUT2D eigenvalue weighted by atomic mass is 9.92. The number of nitro groups is 1. The van der Waals surface area contributed by atoms with Crippen molar-refractivity contribution in [2.75, 3.05) is 0 Å². The molecule has 0 aromatic carbocycles. The zero-order valence-electron chi connectivity index (χ0n) is 9.45. The maximum atomic E-state index is 10.9. The highest BCUT2D eigenvalue weighted by atomic mass is 16.6. The van der Waals surface area contributed by atoms with Gasteiger partial charge in [-0.2, -0.15) is 0 Å². The van der Waals surface area contributed by atoms with Gasteiger partial charge in [0.1, 0.15) is 0 Å². The summed E-state index contributed by atoms with van der Waals surface area (Å²) in [4.78, 5) is 21.2. The van der Waals surface area contributed by atoms with E-state index in [0.29, 0.717) is 0 Å². The molecule has 0 aromatic heterocycles. The summed E-state index contributed by atoms with van der Waals surface area (Å²) in [6, 6.07) is 0. The molecule has 92 valence electrons. The Morgan fingerprint density at radius 1 is 1.35 bits per heavy atom. The number of aliphatic hydroxyl groups is 1. The second-order valence-electron chi connectivity index (χ2n) is 4.28. The van der Waals surface area contributed by atoms with E-state index in [1.807, 2.05) is 0 Å². The normalized spacial score (nSPS) is 32.5. The van der Waals surface area contributed by atoms with E-state index in [2.05, 4.69) is 0 Å². The van der Waals surface area contributed by atoms with Gasteiger partial charge in [-0.1, -0.05) is 0 Å². The highest BCUT2D eigenvalue weighted by Gasteiger charge is 2.34. The Hall–Kier alpha value is -1.95. The van der Waals surface area contributed by atoms with Gasteiger partial charge in [-0.25, -0.2) is 4.79 Å². The van der Waals surface area contributed by atoms with Crippen LogP contribution in [0.2, 0.25) is 0 Å². The molecule has 17 heavy (non-hydrogen) atoms. The van der Waals surface area contributed by atoms with Crippen molar-refractivity contribution >= 4 is 5.97 Å². The van der Waals surface area contributed by atoms with Crippen LogP contribution in [0, 0.1) is 10.1 Å². The van der Waals surface area contributed by atoms with Gasteiger partial charge in [-0.3, -0.25) is 10.1 Å². The fourth-order valence-corrected chi connectivity index (χ4v) is 1.31. The predicted octanol–water partition coefficient (Wildman–Crippen LogP) is 0.910. The van der Waals surface area contributed by atoms with Gasteiger partial charge in [0.2, 0.25) is 0 Å². The van der Waals surface area contributed by atoms with Crippen LogP contribution >= 0.6 is 0 Å². The lowest BCUT2D eigenvalue weighted by molar-refractivity contribution is -0.535. The van der Waals surface area contributed by atoms with Gasteiger partial charge in [0, 0.05) is 17.9 Å². The molecule has 2 unspecified atom stereocenters. The molecule has 0 amide bonds. The quantitative estimate of drug-likeness (QED) is 0.423. The van der Waals surface area contributed by atoms with Gasteiger partial charge in [0.05, 0.1) is 11.2 Å². The number of hydrogen-bond acceptors (Lipinski definition) is 4. The van der Waals surface area contributed by atoms with Crippen LogP contribution in [0.3, 0.4) is 0 Å². The molecule has 0 fully saturated rings. The Labute approximate surface area is 97.7 Å². The summed E-state index contributed by atoms with van der Waals surface area (Å²) in [6.45, 7) is 2.67. The zero-order chi connectivity index (χ0) is 13.3. The van der Waals surface area contributed by atoms with E-state index in [1.54, 1.807) is 0 Å². The van der Waals surface area contributed by atoms with Crippen molar-refractivity contribution in [3.63, 3.8) is 0 Å². The summed E-state index contributed by atoms with van der Waals surface area (Å²) in [6.07, 6.45) is 5.91. The summed E-state index contributed by atoms with van der Waals surface area (Å²) in [5.41, 5.74) is -3.29. The molecule has 0 heterocycles. The fourth-order valence-electron chi connectivity index (χ4n) is 1.31. The SMILES string of the molecule is CC1(O)C=CC(C(=O)O)=CC(C)([N+](=O)[O-])C=C1. The lowest BCUT2D eigenvalue weighted by Crippen LogP contribution is -2.33. The molecular formula is C11H13NO5. The van der Waals surface area contributed by atoms with Crippen molar-refractivity contribution in [3.8, 4) is 0 Å². The number of carboxylic acids is 1. The third-order valence-corrected chi connectivity index (χ3v) is 2.45. The average molecular weight is 239 g/mol. The van der Waals surface area contributed by atoms with Crippen LogP contribution < -0.4 is 0 Å². The zero-order valence-corrected chi connectivity index (χ0v) is 9.45. The number of nitrogens with zero attached hydrogens (tertiary/aromatic N) is 1. The number of carboxylic acid groups (broad SMARTS) is 1. The second-order valence-corrected chi connectivity index (χ2v) is 4.28. The maximum absolute atomic E-state index is 10.9. The minimum Gasteiger partial charge on any atom is -0.478 e. The van der Waals surface area contributed by atoms with Gasteiger partial charge >= 0.3 is 5.97 Å². The Bertz CT molecular complexity index is 447. The van der Waals surface area contributed by atoms with Crippen molar-refractivity contribution in [1.29, 1.82) is 0 Å². The Kier molecular flexibility index (Phi) is 3.19. The van der Waals surface area contributed by atoms with E-state index in [0.717, 1.165) is 12.2 Å². The van der Waals surface area contributed by atoms with Gasteiger partial charge in [0.15, 0.2) is 0 Å². The van der Waals surface area contributed by atoms with Gasteiger partial charge in [-0.05, 0) is 31.2 Å². The van der Waals surface area contributed by atoms with E-state index < -0.39 is 22.0 Å². The Morgan fingerprint density at radius 2 is 1.94 bits per heavy atom. The first-order valence-corrected chi connectivity index (χ1v) is 4.89. The molecule has 2 N–H and O–H groups in total. The first-order chi connectivity index (χ1) is 7.66. The molecule has 2 atom stereocenters. The molecule has 0 saturated heterocycles.